The molecule has 0 saturated carbocycles. The van der Waals surface area contributed by atoms with Crippen LogP contribution >= 0.6 is 0 Å². The molecule has 17 heteroatoms. The number of carboxylic acids is 1. The number of fused-ring (bicyclic) bond motifs is 2. The van der Waals surface area contributed by atoms with Gasteiger partial charge >= 0.3 is 5.97 Å². The van der Waals surface area contributed by atoms with E-state index in [1.807, 2.05) is 47.4 Å². The van der Waals surface area contributed by atoms with Crippen LogP contribution in [-0.2, 0) is 49.4 Å². The molecule has 0 fully saturated rings. The van der Waals surface area contributed by atoms with E-state index in [1.54, 1.807) is 20.3 Å². The minimum Gasteiger partial charge on any atom is -0.481 e. The molecule has 3 aliphatic rings. The van der Waals surface area contributed by atoms with Crippen LogP contribution in [0.3, 0.4) is 0 Å². The lowest BCUT2D eigenvalue weighted by atomic mass is 9.90. The summed E-state index contributed by atoms with van der Waals surface area (Å²) in [5.41, 5.74) is 3.17. The number of carboxylic acid groups (broad SMARTS) is 1. The first-order valence-electron chi connectivity index (χ1n) is 19.2. The lowest BCUT2D eigenvalue weighted by Crippen LogP contribution is -2.36. The van der Waals surface area contributed by atoms with Gasteiger partial charge in [-0.2, -0.15) is 16.8 Å². The van der Waals surface area contributed by atoms with Crippen LogP contribution in [-0.4, -0.2) is 116 Å². The van der Waals surface area contributed by atoms with Gasteiger partial charge in [-0.25, -0.2) is 4.58 Å². The van der Waals surface area contributed by atoms with E-state index < -0.39 is 37.9 Å². The van der Waals surface area contributed by atoms with Gasteiger partial charge in [0.05, 0.1) is 43.1 Å². The summed E-state index contributed by atoms with van der Waals surface area (Å²) < 4.78 is 97.4. The van der Waals surface area contributed by atoms with Crippen LogP contribution in [0.25, 0.3) is 17.4 Å². The Kier molecular flexibility index (Phi) is 17.2. The van der Waals surface area contributed by atoms with E-state index in [0.29, 0.717) is 81.9 Å². The average Bonchev–Trinajstić information content (AvgIpc) is 3.43. The topological polar surface area (TPSA) is 202 Å². The Labute approximate surface area is 341 Å². The van der Waals surface area contributed by atoms with Crippen molar-refractivity contribution in [2.75, 3.05) is 84.1 Å². The Balaban J connectivity index is 1.81. The predicted molar refractivity (Wildman–Crippen MR) is 220 cm³/mol. The second-order valence-electron chi connectivity index (χ2n) is 15.0. The number of aliphatic carboxylic acids is 1. The molecule has 0 bridgehead atoms. The first-order valence-corrected chi connectivity index (χ1v) is 22.2. The van der Waals surface area contributed by atoms with Crippen LogP contribution in [0.1, 0.15) is 69.3 Å². The van der Waals surface area contributed by atoms with Crippen molar-refractivity contribution in [2.45, 2.75) is 62.7 Å². The van der Waals surface area contributed by atoms with E-state index in [0.717, 1.165) is 22.2 Å². The minimum absolute atomic E-state index is 0.0545. The molecule has 58 heavy (non-hydrogen) atoms. The summed E-state index contributed by atoms with van der Waals surface area (Å²) in [5.74, 6) is -0.554. The molecule has 2 heterocycles. The fraction of sp³-hybridized carbons (Fsp3) is 0.512. The van der Waals surface area contributed by atoms with Gasteiger partial charge in [0.25, 0.3) is 20.2 Å². The van der Waals surface area contributed by atoms with E-state index in [2.05, 4.69) is 25.3 Å². The number of anilines is 1. The molecular formula is C41H57N2O13S2+. The zero-order valence-corrected chi connectivity index (χ0v) is 35.5. The van der Waals surface area contributed by atoms with Gasteiger partial charge in [-0.05, 0) is 66.8 Å². The average molecular weight is 850 g/mol. The molecular weight excluding hydrogens is 793 g/mol. The molecule has 0 spiro atoms. The predicted octanol–water partition coefficient (Wildman–Crippen LogP) is 5.06. The van der Waals surface area contributed by atoms with Crippen LogP contribution < -0.4 is 14.8 Å². The largest absolute Gasteiger partial charge is 0.481 e. The first-order chi connectivity index (χ1) is 27.4. The third-order valence-electron chi connectivity index (χ3n) is 9.60. The lowest BCUT2D eigenvalue weighted by molar-refractivity contribution is -0.137. The molecule has 320 valence electrons. The molecule has 1 aliphatic carbocycles. The molecule has 1 unspecified atom stereocenters. The van der Waals surface area contributed by atoms with Crippen molar-refractivity contribution in [2.24, 2.45) is 0 Å². The molecule has 0 saturated heterocycles. The fourth-order valence-corrected chi connectivity index (χ4v) is 7.70. The minimum atomic E-state index is -4.56. The molecule has 1 atom stereocenters. The molecule has 1 aromatic carbocycles. The number of hydrogen-bond donors (Lipinski definition) is 3. The number of rotatable bonds is 23. The van der Waals surface area contributed by atoms with Crippen molar-refractivity contribution in [3.05, 3.63) is 82.6 Å². The number of allylic oxidation sites excluding steroid dienone is 3. The van der Waals surface area contributed by atoms with E-state index >= 15 is 0 Å². The zero-order valence-electron chi connectivity index (χ0n) is 33.9. The van der Waals surface area contributed by atoms with Gasteiger partial charge in [0.15, 0.2) is 13.1 Å². The van der Waals surface area contributed by atoms with Gasteiger partial charge in [-0.3, -0.25) is 13.9 Å². The summed E-state index contributed by atoms with van der Waals surface area (Å²) in [5, 5.41) is 10.3. The van der Waals surface area contributed by atoms with E-state index in [-0.39, 0.29) is 36.1 Å². The summed E-state index contributed by atoms with van der Waals surface area (Å²) in [7, 11) is -5.56. The van der Waals surface area contributed by atoms with Crippen LogP contribution in [0.2, 0.25) is 0 Å². The standard InChI is InChI=1S/C41H56N2O13S2/c1-41(2,3)39-27-30(33-15-13-31(28-38(33)56-39)42(18-20-54-24-22-52-4)19-21-55-25-23-53-5)9-6-11-36-34(10-7-12-40(44)45)35-29-32(58(49,50)51)14-16-37(35)43(36)17-8-26-57(46,47)48/h6,9,11,13-16,27-29,34H,7-8,10,12,17-26H2,1-5H3,(H2-,44,45,46,47,48,49,50,51)/p+1. The second-order valence-corrected chi connectivity index (χ2v) is 18.0. The van der Waals surface area contributed by atoms with Crippen molar-refractivity contribution in [1.82, 2.24) is 4.58 Å². The maximum absolute atomic E-state index is 12.2. The molecule has 0 aromatic heterocycles. The van der Waals surface area contributed by atoms with Crippen LogP contribution in [0, 0.1) is 0 Å². The maximum atomic E-state index is 12.2. The Bertz CT molecular complexity index is 2160. The Hall–Kier alpha value is -3.94. The van der Waals surface area contributed by atoms with Gasteiger partial charge in [-0.1, -0.05) is 32.9 Å². The fourth-order valence-electron chi connectivity index (χ4n) is 6.69. The summed E-state index contributed by atoms with van der Waals surface area (Å²) in [6.45, 7) is 10.4. The smallest absolute Gasteiger partial charge is 0.303 e. The van der Waals surface area contributed by atoms with Crippen molar-refractivity contribution in [3.8, 4) is 11.3 Å². The SMILES string of the molecule is COCCOCC[N+](CCOCCOC)=c1ccc2c(/C=C/C=C3/C(CCCC(=O)O)c4cc(S(=O)(=O)O)ccc4N3CCCS(=O)(=O)O)cc(C(C)(C)C)oc-2c1. The summed E-state index contributed by atoms with van der Waals surface area (Å²) in [4.78, 5) is 13.0. The molecule has 15 nitrogen and oxygen atoms in total. The van der Waals surface area contributed by atoms with E-state index in [4.69, 9.17) is 23.4 Å². The Morgan fingerprint density at radius 2 is 1.57 bits per heavy atom. The molecule has 3 N–H and O–H groups in total. The highest BCUT2D eigenvalue weighted by atomic mass is 32.2. The van der Waals surface area contributed by atoms with E-state index in [9.17, 15) is 35.8 Å². The molecule has 1 aromatic rings. The van der Waals surface area contributed by atoms with Gasteiger partial charge in [0, 0.05) is 61.5 Å². The molecule has 0 amide bonds. The highest BCUT2D eigenvalue weighted by molar-refractivity contribution is 7.86. The number of hydrogen-bond acceptors (Lipinski definition) is 11. The zero-order chi connectivity index (χ0) is 42.5. The second kappa shape index (κ2) is 21.4. The van der Waals surface area contributed by atoms with Gasteiger partial charge < -0.3 is 33.4 Å². The summed E-state index contributed by atoms with van der Waals surface area (Å²) >= 11 is 0. The van der Waals surface area contributed by atoms with Crippen LogP contribution in [0.15, 0.2) is 69.6 Å². The number of ether oxygens (including phenoxy) is 4. The van der Waals surface area contributed by atoms with Gasteiger partial charge in [0.2, 0.25) is 5.36 Å². The monoisotopic (exact) mass is 849 g/mol. The molecule has 4 rings (SSSR count). The third-order valence-corrected chi connectivity index (χ3v) is 11.3. The van der Waals surface area contributed by atoms with Crippen molar-refractivity contribution < 1.29 is 59.2 Å². The lowest BCUT2D eigenvalue weighted by Gasteiger charge is -2.23. The number of nitrogens with zero attached hydrogens (tertiary/aromatic N) is 2. The Morgan fingerprint density at radius 3 is 2.16 bits per heavy atom. The van der Waals surface area contributed by atoms with Crippen LogP contribution in [0.5, 0.6) is 0 Å². The highest BCUT2D eigenvalue weighted by Gasteiger charge is 2.34. The van der Waals surface area contributed by atoms with Gasteiger partial charge in [0.1, 0.15) is 24.7 Å². The number of benzene rings is 2. The van der Waals surface area contributed by atoms with Crippen molar-refractivity contribution >= 4 is 38.0 Å². The summed E-state index contributed by atoms with van der Waals surface area (Å²) in [6.07, 6.45) is 6.17. The number of carbonyl (C=O) groups is 1. The molecule has 0 radical (unpaired) electrons. The van der Waals surface area contributed by atoms with Crippen molar-refractivity contribution in [1.29, 1.82) is 0 Å². The van der Waals surface area contributed by atoms with Crippen molar-refractivity contribution in [3.63, 3.8) is 0 Å². The number of methoxy groups -OCH3 is 2. The first kappa shape index (κ1) is 46.7. The third kappa shape index (κ3) is 13.8. The molecule has 2 aliphatic heterocycles. The van der Waals surface area contributed by atoms with Crippen LogP contribution in [0.4, 0.5) is 5.69 Å². The normalized spacial score (nSPS) is 15.5. The van der Waals surface area contributed by atoms with E-state index in [1.165, 1.54) is 12.1 Å². The maximum Gasteiger partial charge on any atom is 0.303 e. The van der Waals surface area contributed by atoms with Gasteiger partial charge in [-0.15, -0.1) is 0 Å². The highest BCUT2D eigenvalue weighted by Crippen LogP contribution is 2.47. The summed E-state index contributed by atoms with van der Waals surface area (Å²) in [6, 6.07) is 12.2. The quantitative estimate of drug-likeness (QED) is 0.0649. The Morgan fingerprint density at radius 1 is 0.897 bits per heavy atom.